The van der Waals surface area contributed by atoms with E-state index in [4.69, 9.17) is 0 Å². The van der Waals surface area contributed by atoms with Gasteiger partial charge in [-0.3, -0.25) is 19.4 Å². The molecule has 0 radical (unpaired) electrons. The van der Waals surface area contributed by atoms with Gasteiger partial charge in [-0.05, 0) is 75.9 Å². The maximum atomic E-state index is 14.2. The molecule has 0 bridgehead atoms. The van der Waals surface area contributed by atoms with Crippen LogP contribution < -0.4 is 10.5 Å². The highest BCUT2D eigenvalue weighted by Gasteiger charge is 2.52. The number of aromatic amines is 1. The maximum absolute atomic E-state index is 14.2. The van der Waals surface area contributed by atoms with Crippen molar-refractivity contribution >= 4 is 22.5 Å². The van der Waals surface area contributed by atoms with Gasteiger partial charge in [-0.2, -0.15) is 0 Å². The second kappa shape index (κ2) is 15.3. The summed E-state index contributed by atoms with van der Waals surface area (Å²) in [6.07, 6.45) is 12.3. The van der Waals surface area contributed by atoms with E-state index < -0.39 is 17.4 Å². The number of nitrogens with zero attached hydrogens (tertiary/aromatic N) is 5. The molecule has 3 N–H and O–H groups in total. The van der Waals surface area contributed by atoms with Crippen LogP contribution in [0.25, 0.3) is 16.6 Å². The van der Waals surface area contributed by atoms with Crippen molar-refractivity contribution in [2.75, 3.05) is 18.1 Å². The second-order valence-electron chi connectivity index (χ2n) is 13.6. The molecule has 0 fully saturated rings. The van der Waals surface area contributed by atoms with E-state index >= 15 is 0 Å². The zero-order valence-electron chi connectivity index (χ0n) is 29.7. The van der Waals surface area contributed by atoms with Crippen LogP contribution in [-0.4, -0.2) is 54.0 Å². The number of hydrogen-bond donors (Lipinski definition) is 3. The van der Waals surface area contributed by atoms with Gasteiger partial charge in [-0.15, -0.1) is 5.10 Å². The second-order valence-corrected chi connectivity index (χ2v) is 13.6. The molecule has 10 nitrogen and oxygen atoms in total. The number of amides is 1. The Bertz CT molecular complexity index is 2150. The van der Waals surface area contributed by atoms with Crippen LogP contribution in [0.2, 0.25) is 0 Å². The van der Waals surface area contributed by atoms with Gasteiger partial charge in [0.2, 0.25) is 0 Å². The molecular formula is C41H46N6O4. The van der Waals surface area contributed by atoms with Crippen LogP contribution in [0.4, 0.5) is 5.69 Å². The van der Waals surface area contributed by atoms with Crippen molar-refractivity contribution < 1.29 is 15.0 Å². The minimum atomic E-state index is -1.86. The highest BCUT2D eigenvalue weighted by Crippen LogP contribution is 2.46. The molecule has 0 spiro atoms. The first-order chi connectivity index (χ1) is 24.6. The van der Waals surface area contributed by atoms with E-state index in [-0.39, 0.29) is 18.1 Å². The number of fused-ring (bicyclic) bond motifs is 2. The number of allylic oxidation sites excluding steroid dienone is 4. The summed E-state index contributed by atoms with van der Waals surface area (Å²) in [5, 5.41) is 34.7. The summed E-state index contributed by atoms with van der Waals surface area (Å²) < 4.78 is 3.19. The minimum absolute atomic E-state index is 0.0763. The van der Waals surface area contributed by atoms with Crippen molar-refractivity contribution in [1.29, 1.82) is 0 Å². The first-order valence-electron chi connectivity index (χ1n) is 17.5. The van der Waals surface area contributed by atoms with Gasteiger partial charge in [0.25, 0.3) is 11.5 Å². The monoisotopic (exact) mass is 686 g/mol. The molecule has 1 amide bonds. The molecule has 3 atom stereocenters. The van der Waals surface area contributed by atoms with Crippen LogP contribution in [0.15, 0.2) is 119 Å². The number of para-hydroxylation sites is 1. The Morgan fingerprint density at radius 2 is 1.75 bits per heavy atom. The summed E-state index contributed by atoms with van der Waals surface area (Å²) in [4.78, 5) is 29.2. The quantitative estimate of drug-likeness (QED) is 0.114. The van der Waals surface area contributed by atoms with E-state index in [0.29, 0.717) is 53.0 Å². The molecule has 10 heteroatoms. The molecule has 2 aromatic heterocycles. The molecule has 6 rings (SSSR count). The summed E-state index contributed by atoms with van der Waals surface area (Å²) >= 11 is 0. The number of hydrogen-bond acceptors (Lipinski definition) is 6. The fourth-order valence-electron chi connectivity index (χ4n) is 6.72. The van der Waals surface area contributed by atoms with E-state index in [1.54, 1.807) is 27.8 Å². The summed E-state index contributed by atoms with van der Waals surface area (Å²) in [6.45, 7) is 8.84. The van der Waals surface area contributed by atoms with Gasteiger partial charge < -0.3 is 15.1 Å². The van der Waals surface area contributed by atoms with Crippen molar-refractivity contribution in [3.05, 3.63) is 142 Å². The van der Waals surface area contributed by atoms with E-state index in [1.165, 1.54) is 10.3 Å². The summed E-state index contributed by atoms with van der Waals surface area (Å²) in [6, 6.07) is 22.4. The van der Waals surface area contributed by atoms with Crippen LogP contribution in [-0.2, 0) is 16.9 Å². The van der Waals surface area contributed by atoms with Crippen molar-refractivity contribution in [3.63, 3.8) is 0 Å². The first-order valence-corrected chi connectivity index (χ1v) is 17.5. The van der Waals surface area contributed by atoms with E-state index in [0.717, 1.165) is 24.0 Å². The van der Waals surface area contributed by atoms with E-state index in [1.807, 2.05) is 85.9 Å². The Hall–Kier alpha value is -5.32. The molecule has 1 unspecified atom stereocenters. The lowest BCUT2D eigenvalue weighted by Crippen LogP contribution is -2.44. The van der Waals surface area contributed by atoms with Crippen molar-refractivity contribution in [3.8, 4) is 5.69 Å². The van der Waals surface area contributed by atoms with Gasteiger partial charge in [0.1, 0.15) is 0 Å². The third-order valence-electron chi connectivity index (χ3n) is 9.72. The highest BCUT2D eigenvalue weighted by molar-refractivity contribution is 6.07. The molecule has 3 heterocycles. The number of aryl methyl sites for hydroxylation is 1. The van der Waals surface area contributed by atoms with Gasteiger partial charge in [0, 0.05) is 30.8 Å². The molecule has 1 aliphatic rings. The third kappa shape index (κ3) is 7.29. The molecule has 0 aliphatic carbocycles. The van der Waals surface area contributed by atoms with Crippen LogP contribution >= 0.6 is 0 Å². The Labute approximate surface area is 298 Å². The van der Waals surface area contributed by atoms with Crippen molar-refractivity contribution in [2.24, 2.45) is 5.92 Å². The standard InChI is InChI=1S/C41H46N6O4/c1-28(2)13-12-14-29(3)22-24-46-38-21-20-32(47-39(49)33-18-8-9-19-36(33)43-47)25-35(38)41(51,40(46)50)30(4)15-10-11-23-45-26-37(42-44-45)34(27-48)31-16-6-5-7-17-31/h5-10,13,15-22,25-26,30,34,43,48,51H,11-12,14,23-24,27H2,1-4H3/b15-10+,29-22+/t30-,34?,41+/m0/s1. The number of carbonyl (C=O) groups is 1. The zero-order chi connectivity index (χ0) is 36.1. The number of aliphatic hydroxyl groups excluding tert-OH is 1. The molecule has 5 aromatic rings. The highest BCUT2D eigenvalue weighted by atomic mass is 16.3. The minimum Gasteiger partial charge on any atom is -0.395 e. The van der Waals surface area contributed by atoms with Crippen molar-refractivity contribution in [2.45, 2.75) is 65.0 Å². The lowest BCUT2D eigenvalue weighted by molar-refractivity contribution is -0.139. The summed E-state index contributed by atoms with van der Waals surface area (Å²) in [5.41, 5.74) is 4.35. The number of anilines is 1. The Balaban J connectivity index is 1.24. The van der Waals surface area contributed by atoms with E-state index in [9.17, 15) is 19.8 Å². The number of H-pyrrole nitrogens is 1. The predicted octanol–water partition coefficient (Wildman–Crippen LogP) is 6.54. The van der Waals surface area contributed by atoms with E-state index in [2.05, 4.69) is 42.3 Å². The topological polar surface area (TPSA) is 129 Å². The van der Waals surface area contributed by atoms with Crippen LogP contribution in [0.3, 0.4) is 0 Å². The lowest BCUT2D eigenvalue weighted by Gasteiger charge is -2.27. The summed E-state index contributed by atoms with van der Waals surface area (Å²) in [7, 11) is 0. The number of rotatable bonds is 14. The maximum Gasteiger partial charge on any atom is 0.279 e. The van der Waals surface area contributed by atoms with Crippen LogP contribution in [0, 0.1) is 5.92 Å². The third-order valence-corrected chi connectivity index (χ3v) is 9.72. The molecule has 264 valence electrons. The van der Waals surface area contributed by atoms with Crippen LogP contribution in [0.5, 0.6) is 0 Å². The number of carbonyl (C=O) groups excluding carboxylic acids is 1. The molecule has 3 aromatic carbocycles. The number of aromatic nitrogens is 5. The Morgan fingerprint density at radius 1 is 0.980 bits per heavy atom. The Morgan fingerprint density at radius 3 is 2.49 bits per heavy atom. The predicted molar refractivity (Wildman–Crippen MR) is 201 cm³/mol. The fraction of sp³-hybridized carbons (Fsp3) is 0.317. The number of nitrogens with one attached hydrogen (secondary N) is 1. The van der Waals surface area contributed by atoms with Crippen molar-refractivity contribution in [1.82, 2.24) is 24.8 Å². The normalized spacial score (nSPS) is 17.3. The molecule has 0 saturated heterocycles. The van der Waals surface area contributed by atoms with Gasteiger partial charge in [-0.25, -0.2) is 4.68 Å². The van der Waals surface area contributed by atoms with Crippen LogP contribution in [0.1, 0.15) is 69.7 Å². The summed E-state index contributed by atoms with van der Waals surface area (Å²) in [5.74, 6) is -1.25. The number of benzene rings is 3. The average Bonchev–Trinajstić information content (AvgIpc) is 3.80. The SMILES string of the molecule is CC(C)=CCC/C(C)=C/CN1C(=O)[C@@](O)([C@@H](C)/C=C/CCn2cc(C(CO)c3ccccc3)nn2)c2cc(-n3[nH]c4ccccc4c3=O)ccc21. The molecule has 0 saturated carbocycles. The largest absolute Gasteiger partial charge is 0.395 e. The first kappa shape index (κ1) is 35.5. The lowest BCUT2D eigenvalue weighted by atomic mass is 9.82. The smallest absolute Gasteiger partial charge is 0.279 e. The molecule has 51 heavy (non-hydrogen) atoms. The molecular weight excluding hydrogens is 640 g/mol. The number of aliphatic hydroxyl groups is 2. The van der Waals surface area contributed by atoms with Gasteiger partial charge in [0.15, 0.2) is 5.60 Å². The Kier molecular flexibility index (Phi) is 10.6. The molecule has 1 aliphatic heterocycles. The zero-order valence-corrected chi connectivity index (χ0v) is 29.7. The van der Waals surface area contributed by atoms with Gasteiger partial charge in [0.05, 0.1) is 40.5 Å². The van der Waals surface area contributed by atoms with Gasteiger partial charge >= 0.3 is 0 Å². The average molecular weight is 687 g/mol. The van der Waals surface area contributed by atoms with Gasteiger partial charge in [-0.1, -0.05) is 90.1 Å². The fourth-order valence-corrected chi connectivity index (χ4v) is 6.72.